The number of benzene rings is 1. The van der Waals surface area contributed by atoms with Crippen LogP contribution in [0, 0.1) is 13.8 Å². The summed E-state index contributed by atoms with van der Waals surface area (Å²) in [4.78, 5) is 24.4. The molecule has 0 unspecified atom stereocenters. The van der Waals surface area contributed by atoms with E-state index in [2.05, 4.69) is 33.6 Å². The molecule has 0 atom stereocenters. The number of guanidine groups is 1. The van der Waals surface area contributed by atoms with Crippen LogP contribution in [0.25, 0.3) is 0 Å². The van der Waals surface area contributed by atoms with E-state index in [4.69, 9.17) is 0 Å². The number of fused-ring (bicyclic) bond motifs is 1. The standard InChI is InChI=1S/C20H27N5OS.HI/c1-14-15(2)27-18(24-14)13-23-20(21-3)22-11-6-9-19(26)25-12-10-16-7-4-5-8-17(16)25;/h4-5,7-8H,6,9-13H2,1-3H3,(H2,21,22,23);1H. The summed E-state index contributed by atoms with van der Waals surface area (Å²) in [5, 5.41) is 7.60. The number of thiazole rings is 1. The van der Waals surface area contributed by atoms with Crippen LogP contribution in [0.2, 0.25) is 0 Å². The SMILES string of the molecule is CN=C(NCCCC(=O)N1CCc2ccccc21)NCc1nc(C)c(C)s1.I. The van der Waals surface area contributed by atoms with Gasteiger partial charge in [-0.05, 0) is 38.3 Å². The molecular formula is C20H28IN5OS. The van der Waals surface area contributed by atoms with E-state index in [9.17, 15) is 4.79 Å². The zero-order valence-corrected chi connectivity index (χ0v) is 19.8. The molecular weight excluding hydrogens is 485 g/mol. The third-order valence-corrected chi connectivity index (χ3v) is 5.82. The Bertz CT molecular complexity index is 816. The number of aryl methyl sites for hydroxylation is 2. The van der Waals surface area contributed by atoms with Crippen molar-refractivity contribution >= 4 is 52.9 Å². The lowest BCUT2D eigenvalue weighted by Gasteiger charge is -2.17. The minimum absolute atomic E-state index is 0. The number of aliphatic imine (C=N–C) groups is 1. The monoisotopic (exact) mass is 513 g/mol. The molecule has 1 amide bonds. The third-order valence-electron chi connectivity index (χ3n) is 4.75. The molecule has 0 aliphatic carbocycles. The Morgan fingerprint density at radius 2 is 2.07 bits per heavy atom. The number of carbonyl (C=O) groups is 1. The number of aromatic nitrogens is 1. The summed E-state index contributed by atoms with van der Waals surface area (Å²) < 4.78 is 0. The summed E-state index contributed by atoms with van der Waals surface area (Å²) in [5.41, 5.74) is 3.42. The second-order valence-corrected chi connectivity index (χ2v) is 7.92. The molecule has 6 nitrogen and oxygen atoms in total. The van der Waals surface area contributed by atoms with Gasteiger partial charge in [-0.1, -0.05) is 18.2 Å². The molecule has 0 saturated heterocycles. The van der Waals surface area contributed by atoms with Gasteiger partial charge in [0.05, 0.1) is 12.2 Å². The first-order valence-electron chi connectivity index (χ1n) is 9.34. The molecule has 2 aromatic rings. The summed E-state index contributed by atoms with van der Waals surface area (Å²) in [7, 11) is 1.75. The number of rotatable bonds is 6. The lowest BCUT2D eigenvalue weighted by molar-refractivity contribution is -0.118. The quantitative estimate of drug-likeness (QED) is 0.269. The largest absolute Gasteiger partial charge is 0.356 e. The molecule has 3 rings (SSSR count). The minimum atomic E-state index is 0. The van der Waals surface area contributed by atoms with Crippen molar-refractivity contribution in [2.24, 2.45) is 4.99 Å². The van der Waals surface area contributed by atoms with Gasteiger partial charge in [0.2, 0.25) is 5.91 Å². The Morgan fingerprint density at radius 3 is 2.79 bits per heavy atom. The lowest BCUT2D eigenvalue weighted by Crippen LogP contribution is -2.37. The van der Waals surface area contributed by atoms with Gasteiger partial charge >= 0.3 is 0 Å². The zero-order valence-electron chi connectivity index (χ0n) is 16.6. The third kappa shape index (κ3) is 5.66. The summed E-state index contributed by atoms with van der Waals surface area (Å²) in [5.74, 6) is 0.929. The first-order chi connectivity index (χ1) is 13.1. The summed E-state index contributed by atoms with van der Waals surface area (Å²) in [6.45, 7) is 6.26. The van der Waals surface area contributed by atoms with Gasteiger partial charge in [-0.2, -0.15) is 0 Å². The van der Waals surface area contributed by atoms with E-state index in [1.807, 2.05) is 30.0 Å². The summed E-state index contributed by atoms with van der Waals surface area (Å²) in [6.07, 6.45) is 2.25. The van der Waals surface area contributed by atoms with Crippen LogP contribution in [0.3, 0.4) is 0 Å². The number of para-hydroxylation sites is 1. The van der Waals surface area contributed by atoms with Crippen LogP contribution < -0.4 is 15.5 Å². The zero-order chi connectivity index (χ0) is 19.2. The molecule has 28 heavy (non-hydrogen) atoms. The highest BCUT2D eigenvalue weighted by molar-refractivity contribution is 14.0. The van der Waals surface area contributed by atoms with Crippen molar-refractivity contribution in [3.8, 4) is 0 Å². The molecule has 8 heteroatoms. The first-order valence-corrected chi connectivity index (χ1v) is 10.2. The number of halogens is 1. The van der Waals surface area contributed by atoms with Crippen LogP contribution >= 0.6 is 35.3 Å². The van der Waals surface area contributed by atoms with Gasteiger partial charge in [0, 0.05) is 37.1 Å². The lowest BCUT2D eigenvalue weighted by atomic mass is 10.2. The Morgan fingerprint density at radius 1 is 1.29 bits per heavy atom. The maximum Gasteiger partial charge on any atom is 0.227 e. The predicted molar refractivity (Wildman–Crippen MR) is 127 cm³/mol. The average molecular weight is 513 g/mol. The summed E-state index contributed by atoms with van der Waals surface area (Å²) >= 11 is 1.70. The van der Waals surface area contributed by atoms with Crippen molar-refractivity contribution in [2.45, 2.75) is 39.7 Å². The number of anilines is 1. The molecule has 0 spiro atoms. The number of amides is 1. The van der Waals surface area contributed by atoms with Crippen molar-refractivity contribution in [1.82, 2.24) is 15.6 Å². The Balaban J connectivity index is 0.00000280. The van der Waals surface area contributed by atoms with E-state index in [1.54, 1.807) is 18.4 Å². The molecule has 1 aromatic carbocycles. The van der Waals surface area contributed by atoms with E-state index in [0.717, 1.165) is 41.7 Å². The average Bonchev–Trinajstić information content (AvgIpc) is 3.24. The maximum atomic E-state index is 12.5. The Kier molecular flexibility index (Phi) is 8.68. The van der Waals surface area contributed by atoms with Crippen LogP contribution in [-0.4, -0.2) is 37.0 Å². The Labute approximate surface area is 187 Å². The second kappa shape index (κ2) is 10.8. The smallest absolute Gasteiger partial charge is 0.227 e. The molecule has 0 fully saturated rings. The van der Waals surface area contributed by atoms with Crippen molar-refractivity contribution in [3.05, 3.63) is 45.4 Å². The van der Waals surface area contributed by atoms with Crippen LogP contribution in [-0.2, 0) is 17.8 Å². The highest BCUT2D eigenvalue weighted by Gasteiger charge is 2.23. The van der Waals surface area contributed by atoms with E-state index in [1.165, 1.54) is 10.4 Å². The van der Waals surface area contributed by atoms with Crippen LogP contribution in [0.5, 0.6) is 0 Å². The van der Waals surface area contributed by atoms with Crippen molar-refractivity contribution in [1.29, 1.82) is 0 Å². The molecule has 152 valence electrons. The van der Waals surface area contributed by atoms with Crippen LogP contribution in [0.15, 0.2) is 29.3 Å². The molecule has 0 radical (unpaired) electrons. The molecule has 2 heterocycles. The van der Waals surface area contributed by atoms with Gasteiger partial charge in [-0.3, -0.25) is 9.79 Å². The number of hydrogen-bond acceptors (Lipinski definition) is 4. The predicted octanol–water partition coefficient (Wildman–Crippen LogP) is 3.41. The highest BCUT2D eigenvalue weighted by atomic mass is 127. The second-order valence-electron chi connectivity index (χ2n) is 6.63. The fourth-order valence-corrected chi connectivity index (χ4v) is 4.05. The van der Waals surface area contributed by atoms with Crippen LogP contribution in [0.4, 0.5) is 5.69 Å². The summed E-state index contributed by atoms with van der Waals surface area (Å²) in [6, 6.07) is 8.16. The van der Waals surface area contributed by atoms with Gasteiger partial charge in [0.25, 0.3) is 0 Å². The van der Waals surface area contributed by atoms with Gasteiger partial charge in [0.1, 0.15) is 5.01 Å². The van der Waals surface area contributed by atoms with E-state index in [-0.39, 0.29) is 29.9 Å². The topological polar surface area (TPSA) is 69.6 Å². The molecule has 1 aliphatic rings. The molecule has 1 aliphatic heterocycles. The van der Waals surface area contributed by atoms with Gasteiger partial charge in [-0.15, -0.1) is 35.3 Å². The van der Waals surface area contributed by atoms with E-state index < -0.39 is 0 Å². The number of nitrogens with zero attached hydrogens (tertiary/aromatic N) is 3. The van der Waals surface area contributed by atoms with E-state index in [0.29, 0.717) is 19.5 Å². The maximum absolute atomic E-state index is 12.5. The molecule has 2 N–H and O–H groups in total. The van der Waals surface area contributed by atoms with E-state index >= 15 is 0 Å². The van der Waals surface area contributed by atoms with Crippen molar-refractivity contribution in [2.75, 3.05) is 25.0 Å². The Hall–Kier alpha value is -1.68. The fourth-order valence-electron chi connectivity index (χ4n) is 3.17. The highest BCUT2D eigenvalue weighted by Crippen LogP contribution is 2.27. The van der Waals surface area contributed by atoms with Gasteiger partial charge < -0.3 is 15.5 Å². The molecule has 0 saturated carbocycles. The van der Waals surface area contributed by atoms with Gasteiger partial charge in [0.15, 0.2) is 5.96 Å². The number of nitrogens with one attached hydrogen (secondary N) is 2. The minimum Gasteiger partial charge on any atom is -0.356 e. The first kappa shape index (κ1) is 22.6. The van der Waals surface area contributed by atoms with Crippen molar-refractivity contribution in [3.63, 3.8) is 0 Å². The normalized spacial score (nSPS) is 13.1. The molecule has 1 aromatic heterocycles. The van der Waals surface area contributed by atoms with Crippen molar-refractivity contribution < 1.29 is 4.79 Å². The van der Waals surface area contributed by atoms with Crippen LogP contribution in [0.1, 0.15) is 34.0 Å². The fraction of sp³-hybridized carbons (Fsp3) is 0.450. The number of carbonyl (C=O) groups excluding carboxylic acids is 1. The number of hydrogen-bond donors (Lipinski definition) is 2. The van der Waals surface area contributed by atoms with Gasteiger partial charge in [-0.25, -0.2) is 4.98 Å². The molecule has 0 bridgehead atoms.